The molecule has 2 rings (SSSR count). The van der Waals surface area contributed by atoms with Crippen LogP contribution in [0, 0.1) is 0 Å². The predicted octanol–water partition coefficient (Wildman–Crippen LogP) is 6.77. The Labute approximate surface area is 146 Å². The van der Waals surface area contributed by atoms with Crippen LogP contribution in [0.3, 0.4) is 0 Å². The van der Waals surface area contributed by atoms with Crippen LogP contribution in [0.4, 0.5) is 0 Å². The van der Waals surface area contributed by atoms with Crippen molar-refractivity contribution in [3.05, 3.63) is 48.5 Å². The first-order valence-electron chi connectivity index (χ1n) is 8.82. The molecule has 0 bridgehead atoms. The monoisotopic (exact) mass is 328 g/mol. The summed E-state index contributed by atoms with van der Waals surface area (Å²) in [6, 6.07) is 16.6. The Bertz CT molecular complexity index is 545. The van der Waals surface area contributed by atoms with Crippen LogP contribution in [0.2, 0.25) is 0 Å². The minimum Gasteiger partial charge on any atom is -0.494 e. The summed E-state index contributed by atoms with van der Waals surface area (Å²) < 4.78 is 5.83. The fourth-order valence-electron chi connectivity index (χ4n) is 2.65. The molecule has 23 heavy (non-hydrogen) atoms. The Morgan fingerprint density at radius 3 is 1.83 bits per heavy atom. The van der Waals surface area contributed by atoms with Gasteiger partial charge in [0.2, 0.25) is 0 Å². The standard InChI is InChI=1S/C21H28OS/c1-2-3-4-5-6-7-8-17-22-20-13-9-18(10-14-20)19-11-15-21(23)16-12-19/h9-16,23H,2-8,17H2,1H3. The molecule has 0 radical (unpaired) electrons. The van der Waals surface area contributed by atoms with Crippen molar-refractivity contribution in [2.24, 2.45) is 0 Å². The maximum Gasteiger partial charge on any atom is 0.119 e. The highest BCUT2D eigenvalue weighted by Crippen LogP contribution is 2.23. The van der Waals surface area contributed by atoms with Gasteiger partial charge in [0.15, 0.2) is 0 Å². The molecule has 0 unspecified atom stereocenters. The smallest absolute Gasteiger partial charge is 0.119 e. The van der Waals surface area contributed by atoms with Crippen LogP contribution in [0.1, 0.15) is 51.9 Å². The molecule has 0 N–H and O–H groups in total. The van der Waals surface area contributed by atoms with E-state index < -0.39 is 0 Å². The number of benzene rings is 2. The van der Waals surface area contributed by atoms with Crippen molar-refractivity contribution in [3.8, 4) is 16.9 Å². The number of hydrogen-bond donors (Lipinski definition) is 1. The van der Waals surface area contributed by atoms with E-state index in [2.05, 4.69) is 56.0 Å². The maximum absolute atomic E-state index is 5.83. The van der Waals surface area contributed by atoms with E-state index in [0.717, 1.165) is 23.7 Å². The molecular weight excluding hydrogens is 300 g/mol. The second kappa shape index (κ2) is 10.4. The number of ether oxygens (including phenoxy) is 1. The molecule has 0 aliphatic heterocycles. The third-order valence-electron chi connectivity index (χ3n) is 4.07. The van der Waals surface area contributed by atoms with Gasteiger partial charge >= 0.3 is 0 Å². The van der Waals surface area contributed by atoms with Crippen LogP contribution in [0.5, 0.6) is 5.75 Å². The first kappa shape index (κ1) is 17.9. The summed E-state index contributed by atoms with van der Waals surface area (Å²) in [4.78, 5) is 0.989. The van der Waals surface area contributed by atoms with Crippen molar-refractivity contribution in [1.82, 2.24) is 0 Å². The normalized spacial score (nSPS) is 10.7. The molecule has 0 saturated heterocycles. The Morgan fingerprint density at radius 2 is 1.22 bits per heavy atom. The maximum atomic E-state index is 5.83. The molecule has 0 aliphatic carbocycles. The van der Waals surface area contributed by atoms with Crippen molar-refractivity contribution >= 4 is 12.6 Å². The fourth-order valence-corrected chi connectivity index (χ4v) is 2.80. The number of rotatable bonds is 10. The zero-order valence-corrected chi connectivity index (χ0v) is 15.0. The van der Waals surface area contributed by atoms with Gasteiger partial charge < -0.3 is 4.74 Å². The van der Waals surface area contributed by atoms with Crippen LogP contribution in [0.25, 0.3) is 11.1 Å². The number of thiol groups is 1. The van der Waals surface area contributed by atoms with Crippen LogP contribution in [0.15, 0.2) is 53.4 Å². The second-order valence-corrected chi connectivity index (χ2v) is 6.56. The molecule has 2 heteroatoms. The molecule has 0 fully saturated rings. The van der Waals surface area contributed by atoms with Crippen LogP contribution >= 0.6 is 12.6 Å². The predicted molar refractivity (Wildman–Crippen MR) is 103 cm³/mol. The van der Waals surface area contributed by atoms with Crippen molar-refractivity contribution in [1.29, 1.82) is 0 Å². The van der Waals surface area contributed by atoms with Crippen molar-refractivity contribution in [2.45, 2.75) is 56.8 Å². The summed E-state index contributed by atoms with van der Waals surface area (Å²) in [6.45, 7) is 3.08. The number of unbranched alkanes of at least 4 members (excludes halogenated alkanes) is 6. The highest BCUT2D eigenvalue weighted by molar-refractivity contribution is 7.80. The molecule has 0 amide bonds. The van der Waals surface area contributed by atoms with Gasteiger partial charge in [0, 0.05) is 4.90 Å². The van der Waals surface area contributed by atoms with Gasteiger partial charge in [0.25, 0.3) is 0 Å². The Morgan fingerprint density at radius 1 is 0.696 bits per heavy atom. The zero-order chi connectivity index (χ0) is 16.3. The van der Waals surface area contributed by atoms with Crippen molar-refractivity contribution in [2.75, 3.05) is 6.61 Å². The minimum atomic E-state index is 0.821. The van der Waals surface area contributed by atoms with E-state index >= 15 is 0 Å². The first-order chi connectivity index (χ1) is 11.3. The van der Waals surface area contributed by atoms with E-state index in [1.54, 1.807) is 0 Å². The van der Waals surface area contributed by atoms with Crippen LogP contribution in [-0.4, -0.2) is 6.61 Å². The average Bonchev–Trinajstić information content (AvgIpc) is 2.59. The van der Waals surface area contributed by atoms with Gasteiger partial charge in [0.1, 0.15) is 5.75 Å². The number of hydrogen-bond acceptors (Lipinski definition) is 2. The highest BCUT2D eigenvalue weighted by Gasteiger charge is 1.99. The van der Waals surface area contributed by atoms with Gasteiger partial charge in [0.05, 0.1) is 6.61 Å². The topological polar surface area (TPSA) is 9.23 Å². The second-order valence-electron chi connectivity index (χ2n) is 6.04. The fraction of sp³-hybridized carbons (Fsp3) is 0.429. The molecule has 0 aliphatic rings. The van der Waals surface area contributed by atoms with E-state index in [4.69, 9.17) is 4.74 Å². The molecule has 2 aromatic rings. The lowest BCUT2D eigenvalue weighted by Crippen LogP contribution is -1.97. The minimum absolute atomic E-state index is 0.821. The van der Waals surface area contributed by atoms with Crippen molar-refractivity contribution in [3.63, 3.8) is 0 Å². The lowest BCUT2D eigenvalue weighted by molar-refractivity contribution is 0.304. The lowest BCUT2D eigenvalue weighted by atomic mass is 10.1. The van der Waals surface area contributed by atoms with Gasteiger partial charge in [-0.25, -0.2) is 0 Å². The Hall–Kier alpha value is -1.41. The lowest BCUT2D eigenvalue weighted by Gasteiger charge is -2.08. The Balaban J connectivity index is 1.68. The van der Waals surface area contributed by atoms with Crippen molar-refractivity contribution < 1.29 is 4.74 Å². The highest BCUT2D eigenvalue weighted by atomic mass is 32.1. The van der Waals surface area contributed by atoms with Gasteiger partial charge in [-0.1, -0.05) is 69.7 Å². The SMILES string of the molecule is CCCCCCCCCOc1ccc(-c2ccc(S)cc2)cc1. The molecular formula is C21H28OS. The summed E-state index contributed by atoms with van der Waals surface area (Å²) in [6.07, 6.45) is 9.21. The first-order valence-corrected chi connectivity index (χ1v) is 9.26. The molecule has 0 spiro atoms. The van der Waals surface area contributed by atoms with E-state index in [9.17, 15) is 0 Å². The van der Waals surface area contributed by atoms with Gasteiger partial charge in [-0.3, -0.25) is 0 Å². The zero-order valence-electron chi connectivity index (χ0n) is 14.1. The molecule has 0 aromatic heterocycles. The molecule has 0 saturated carbocycles. The molecule has 1 nitrogen and oxygen atoms in total. The van der Waals surface area contributed by atoms with E-state index in [-0.39, 0.29) is 0 Å². The van der Waals surface area contributed by atoms with Crippen LogP contribution < -0.4 is 4.74 Å². The van der Waals surface area contributed by atoms with E-state index in [0.29, 0.717) is 0 Å². The summed E-state index contributed by atoms with van der Waals surface area (Å²) in [5.41, 5.74) is 2.42. The molecule has 124 valence electrons. The molecule has 0 atom stereocenters. The summed E-state index contributed by atoms with van der Waals surface area (Å²) in [5.74, 6) is 0.963. The van der Waals surface area contributed by atoms with Crippen LogP contribution in [-0.2, 0) is 0 Å². The summed E-state index contributed by atoms with van der Waals surface area (Å²) in [7, 11) is 0. The third-order valence-corrected chi connectivity index (χ3v) is 4.37. The van der Waals surface area contributed by atoms with E-state index in [1.807, 2.05) is 12.1 Å². The molecule has 0 heterocycles. The Kier molecular flexibility index (Phi) is 8.10. The van der Waals surface area contributed by atoms with Gasteiger partial charge in [-0.2, -0.15) is 0 Å². The summed E-state index contributed by atoms with van der Waals surface area (Å²) >= 11 is 4.32. The molecule has 2 aromatic carbocycles. The van der Waals surface area contributed by atoms with Gasteiger partial charge in [-0.05, 0) is 41.8 Å². The quantitative estimate of drug-likeness (QED) is 0.374. The van der Waals surface area contributed by atoms with Gasteiger partial charge in [-0.15, -0.1) is 12.6 Å². The van der Waals surface area contributed by atoms with E-state index in [1.165, 1.54) is 49.7 Å². The average molecular weight is 329 g/mol. The summed E-state index contributed by atoms with van der Waals surface area (Å²) in [5, 5.41) is 0. The largest absolute Gasteiger partial charge is 0.494 e. The third kappa shape index (κ3) is 6.70.